The Morgan fingerprint density at radius 3 is 2.78 bits per heavy atom. The number of carbonyl (C=O) groups excluding carboxylic acids is 1. The minimum absolute atomic E-state index is 0.243. The Morgan fingerprint density at radius 2 is 2.04 bits per heavy atom. The third-order valence-electron chi connectivity index (χ3n) is 5.24. The average Bonchev–Trinajstić information content (AvgIpc) is 3.09. The zero-order valence-electron chi connectivity index (χ0n) is 14.5. The van der Waals surface area contributed by atoms with Gasteiger partial charge in [-0.15, -0.1) is 0 Å². The van der Waals surface area contributed by atoms with Crippen LogP contribution in [0, 0.1) is 13.8 Å². The molecule has 0 bridgehead atoms. The maximum atomic E-state index is 12.3. The molecular formula is C19H28N2O2. The quantitative estimate of drug-likeness (QED) is 0.648. The van der Waals surface area contributed by atoms with E-state index in [2.05, 4.69) is 49.2 Å². The van der Waals surface area contributed by atoms with Crippen LogP contribution in [-0.2, 0) is 4.79 Å². The molecule has 1 unspecified atom stereocenters. The number of nitrogens with one attached hydrogen (secondary N) is 1. The summed E-state index contributed by atoms with van der Waals surface area (Å²) in [5.41, 5.74) is 2.14. The van der Waals surface area contributed by atoms with E-state index in [4.69, 9.17) is 4.74 Å². The second-order valence-corrected chi connectivity index (χ2v) is 7.15. The fourth-order valence-electron chi connectivity index (χ4n) is 3.68. The number of hydrogen-bond donors (Lipinski definition) is 1. The first-order chi connectivity index (χ1) is 11.0. The molecule has 126 valence electrons. The van der Waals surface area contributed by atoms with Crippen molar-refractivity contribution in [3.05, 3.63) is 29.3 Å². The van der Waals surface area contributed by atoms with E-state index in [0.717, 1.165) is 44.5 Å². The van der Waals surface area contributed by atoms with Crippen LogP contribution < -0.4 is 10.1 Å². The highest BCUT2D eigenvalue weighted by atomic mass is 16.5. The van der Waals surface area contributed by atoms with Crippen molar-refractivity contribution >= 4 is 5.91 Å². The molecule has 1 aromatic rings. The fraction of sp³-hybridized carbons (Fsp3) is 0.632. The minimum Gasteiger partial charge on any atom is -0.493 e. The first-order valence-corrected chi connectivity index (χ1v) is 8.77. The molecule has 1 aromatic carbocycles. The lowest BCUT2D eigenvalue weighted by atomic mass is 10.0. The van der Waals surface area contributed by atoms with Crippen LogP contribution >= 0.6 is 0 Å². The molecule has 4 heteroatoms. The van der Waals surface area contributed by atoms with E-state index in [0.29, 0.717) is 18.6 Å². The van der Waals surface area contributed by atoms with E-state index in [1.54, 1.807) is 0 Å². The molecule has 3 rings (SSSR count). The molecule has 1 N–H and O–H groups in total. The molecule has 0 aliphatic carbocycles. The summed E-state index contributed by atoms with van der Waals surface area (Å²) in [5, 5.41) is 3.36. The van der Waals surface area contributed by atoms with Gasteiger partial charge < -0.3 is 15.0 Å². The highest BCUT2D eigenvalue weighted by Crippen LogP contribution is 2.42. The molecule has 0 radical (unpaired) electrons. The van der Waals surface area contributed by atoms with E-state index in [1.807, 2.05) is 0 Å². The van der Waals surface area contributed by atoms with Crippen LogP contribution in [-0.4, -0.2) is 42.1 Å². The van der Waals surface area contributed by atoms with Gasteiger partial charge in [0.1, 0.15) is 11.3 Å². The number of aryl methyl sites for hydroxylation is 2. The zero-order valence-corrected chi connectivity index (χ0v) is 14.5. The molecule has 0 aromatic heterocycles. The third-order valence-corrected chi connectivity index (χ3v) is 5.24. The molecule has 2 aliphatic heterocycles. The predicted molar refractivity (Wildman–Crippen MR) is 91.8 cm³/mol. The Morgan fingerprint density at radius 1 is 1.30 bits per heavy atom. The van der Waals surface area contributed by atoms with Gasteiger partial charge in [-0.2, -0.15) is 0 Å². The van der Waals surface area contributed by atoms with Gasteiger partial charge in [-0.3, -0.25) is 4.79 Å². The largest absolute Gasteiger partial charge is 0.493 e. The number of ether oxygens (including phenoxy) is 1. The van der Waals surface area contributed by atoms with Crippen LogP contribution in [0.4, 0.5) is 0 Å². The number of amides is 1. The standard InChI is InChI=1S/C19H28N2O2/c1-14-5-6-15(2)17(13-14)23-12-4-9-19(3)18(22)21(19)16-7-10-20-11-8-16/h5-6,13,16,20H,4,7-12H2,1-3H3. The van der Waals surface area contributed by atoms with Gasteiger partial charge in [-0.05, 0) is 76.7 Å². The van der Waals surface area contributed by atoms with Crippen molar-refractivity contribution in [2.24, 2.45) is 0 Å². The lowest BCUT2D eigenvalue weighted by Crippen LogP contribution is -2.37. The fourth-order valence-corrected chi connectivity index (χ4v) is 3.68. The molecule has 0 spiro atoms. The highest BCUT2D eigenvalue weighted by molar-refractivity contribution is 6.01. The minimum atomic E-state index is -0.243. The van der Waals surface area contributed by atoms with Crippen molar-refractivity contribution in [2.75, 3.05) is 19.7 Å². The Bertz CT molecular complexity index is 581. The summed E-state index contributed by atoms with van der Waals surface area (Å²) in [6.45, 7) is 8.97. The van der Waals surface area contributed by atoms with Crippen LogP contribution in [0.5, 0.6) is 5.75 Å². The first-order valence-electron chi connectivity index (χ1n) is 8.77. The lowest BCUT2D eigenvalue weighted by Gasteiger charge is -2.26. The summed E-state index contributed by atoms with van der Waals surface area (Å²) in [4.78, 5) is 14.4. The third kappa shape index (κ3) is 3.37. The summed E-state index contributed by atoms with van der Waals surface area (Å²) >= 11 is 0. The second kappa shape index (κ2) is 6.52. The van der Waals surface area contributed by atoms with Gasteiger partial charge in [0.15, 0.2) is 0 Å². The summed E-state index contributed by atoms with van der Waals surface area (Å²) < 4.78 is 5.92. The van der Waals surface area contributed by atoms with Gasteiger partial charge in [0.2, 0.25) is 5.91 Å². The Kier molecular flexibility index (Phi) is 4.62. The van der Waals surface area contributed by atoms with Gasteiger partial charge in [0, 0.05) is 6.04 Å². The van der Waals surface area contributed by atoms with Crippen LogP contribution in [0.2, 0.25) is 0 Å². The molecule has 2 aliphatic rings. The van der Waals surface area contributed by atoms with Crippen LogP contribution in [0.15, 0.2) is 18.2 Å². The zero-order chi connectivity index (χ0) is 16.4. The Hall–Kier alpha value is -1.55. The van der Waals surface area contributed by atoms with Crippen molar-refractivity contribution in [1.29, 1.82) is 0 Å². The van der Waals surface area contributed by atoms with Gasteiger partial charge in [-0.25, -0.2) is 0 Å². The number of rotatable bonds is 6. The number of nitrogens with zero attached hydrogens (tertiary/aromatic N) is 1. The van der Waals surface area contributed by atoms with Gasteiger partial charge in [0.25, 0.3) is 0 Å². The smallest absolute Gasteiger partial charge is 0.249 e. The molecular weight excluding hydrogens is 288 g/mol. The molecule has 23 heavy (non-hydrogen) atoms. The van der Waals surface area contributed by atoms with E-state index in [9.17, 15) is 4.79 Å². The predicted octanol–water partition coefficient (Wildman–Crippen LogP) is 2.82. The topological polar surface area (TPSA) is 41.3 Å². The van der Waals surface area contributed by atoms with Crippen molar-refractivity contribution in [3.8, 4) is 5.75 Å². The molecule has 2 fully saturated rings. The monoisotopic (exact) mass is 316 g/mol. The summed E-state index contributed by atoms with van der Waals surface area (Å²) in [6.07, 6.45) is 3.97. The van der Waals surface area contributed by atoms with Crippen molar-refractivity contribution in [1.82, 2.24) is 10.2 Å². The summed E-state index contributed by atoms with van der Waals surface area (Å²) in [7, 11) is 0. The number of piperidine rings is 1. The SMILES string of the molecule is Cc1ccc(C)c(OCCCC2(C)C(=O)N2C2CCNCC2)c1. The number of hydrogen-bond acceptors (Lipinski definition) is 3. The van der Waals surface area contributed by atoms with Crippen molar-refractivity contribution < 1.29 is 9.53 Å². The second-order valence-electron chi connectivity index (χ2n) is 7.15. The molecule has 0 saturated carbocycles. The maximum Gasteiger partial charge on any atom is 0.249 e. The van der Waals surface area contributed by atoms with Crippen molar-refractivity contribution in [3.63, 3.8) is 0 Å². The summed E-state index contributed by atoms with van der Waals surface area (Å²) in [5.74, 6) is 1.30. The van der Waals surface area contributed by atoms with E-state index in [1.165, 1.54) is 11.1 Å². The van der Waals surface area contributed by atoms with Gasteiger partial charge in [0.05, 0.1) is 6.61 Å². The number of benzene rings is 1. The molecule has 4 nitrogen and oxygen atoms in total. The van der Waals surface area contributed by atoms with Crippen LogP contribution in [0.1, 0.15) is 43.7 Å². The Balaban J connectivity index is 1.47. The molecule has 1 amide bonds. The first kappa shape index (κ1) is 16.3. The Labute approximate surface area is 139 Å². The molecule has 2 heterocycles. The van der Waals surface area contributed by atoms with Gasteiger partial charge in [-0.1, -0.05) is 12.1 Å². The highest BCUT2D eigenvalue weighted by Gasteiger charge is 2.60. The van der Waals surface area contributed by atoms with E-state index < -0.39 is 0 Å². The van der Waals surface area contributed by atoms with E-state index >= 15 is 0 Å². The summed E-state index contributed by atoms with van der Waals surface area (Å²) in [6, 6.07) is 6.72. The van der Waals surface area contributed by atoms with Crippen molar-refractivity contribution in [2.45, 2.75) is 58.0 Å². The normalized spacial score (nSPS) is 24.8. The number of carbonyl (C=O) groups is 1. The van der Waals surface area contributed by atoms with Crippen LogP contribution in [0.25, 0.3) is 0 Å². The molecule has 1 atom stereocenters. The average molecular weight is 316 g/mol. The van der Waals surface area contributed by atoms with E-state index in [-0.39, 0.29) is 5.54 Å². The lowest BCUT2D eigenvalue weighted by molar-refractivity contribution is -0.115. The maximum absolute atomic E-state index is 12.3. The van der Waals surface area contributed by atoms with Gasteiger partial charge >= 0.3 is 0 Å². The molecule has 2 saturated heterocycles. The van der Waals surface area contributed by atoms with Crippen LogP contribution in [0.3, 0.4) is 0 Å².